The molecule has 0 aliphatic carbocycles. The molecular formula is C9H13N3O2. The van der Waals surface area contributed by atoms with Crippen LogP contribution >= 0.6 is 0 Å². The molecule has 1 unspecified atom stereocenters. The number of aryl methyl sites for hydroxylation is 1. The van der Waals surface area contributed by atoms with Crippen LogP contribution in [0, 0.1) is 5.92 Å². The van der Waals surface area contributed by atoms with Crippen LogP contribution in [-0.4, -0.2) is 34.0 Å². The maximum atomic E-state index is 11.7. The normalized spacial score (nSPS) is 21.4. The summed E-state index contributed by atoms with van der Waals surface area (Å²) in [6.45, 7) is 1.48. The molecule has 5 heteroatoms. The van der Waals surface area contributed by atoms with Gasteiger partial charge in [-0.25, -0.2) is 4.68 Å². The summed E-state index contributed by atoms with van der Waals surface area (Å²) in [7, 11) is 1.73. The number of ether oxygens (including phenoxy) is 1. The number of hydrogen-bond acceptors (Lipinski definition) is 4. The molecule has 0 radical (unpaired) electrons. The molecule has 1 saturated heterocycles. The maximum Gasteiger partial charge on any atom is 0.182 e. The van der Waals surface area contributed by atoms with E-state index in [9.17, 15) is 4.79 Å². The zero-order valence-electron chi connectivity index (χ0n) is 8.14. The number of ketones is 1. The Labute approximate surface area is 82.1 Å². The average Bonchev–Trinajstić information content (AvgIpc) is 2.75. The van der Waals surface area contributed by atoms with Crippen molar-refractivity contribution in [3.8, 4) is 0 Å². The smallest absolute Gasteiger partial charge is 0.182 e. The lowest BCUT2D eigenvalue weighted by Gasteiger charge is -2.05. The van der Waals surface area contributed by atoms with Crippen molar-refractivity contribution in [2.45, 2.75) is 12.8 Å². The fraction of sp³-hybridized carbons (Fsp3) is 0.667. The van der Waals surface area contributed by atoms with Gasteiger partial charge in [-0.05, 0) is 12.3 Å². The van der Waals surface area contributed by atoms with E-state index in [0.717, 1.165) is 13.0 Å². The molecule has 1 aliphatic rings. The van der Waals surface area contributed by atoms with Crippen molar-refractivity contribution in [2.75, 3.05) is 13.2 Å². The minimum absolute atomic E-state index is 0.105. The van der Waals surface area contributed by atoms with Crippen LogP contribution in [0.5, 0.6) is 0 Å². The molecule has 1 aromatic heterocycles. The van der Waals surface area contributed by atoms with E-state index in [1.807, 2.05) is 0 Å². The summed E-state index contributed by atoms with van der Waals surface area (Å²) < 4.78 is 6.73. The largest absolute Gasteiger partial charge is 0.381 e. The van der Waals surface area contributed by atoms with Crippen LogP contribution in [0.2, 0.25) is 0 Å². The van der Waals surface area contributed by atoms with Crippen LogP contribution in [0.3, 0.4) is 0 Å². The molecule has 0 N–H and O–H groups in total. The monoisotopic (exact) mass is 195 g/mol. The number of hydrogen-bond donors (Lipinski definition) is 0. The molecule has 0 spiro atoms. The fourth-order valence-electron chi connectivity index (χ4n) is 1.65. The highest BCUT2D eigenvalue weighted by Crippen LogP contribution is 2.18. The Morgan fingerprint density at radius 1 is 1.79 bits per heavy atom. The minimum atomic E-state index is 0.105. The second kappa shape index (κ2) is 3.88. The Bertz CT molecular complexity index is 329. The molecule has 1 atom stereocenters. The van der Waals surface area contributed by atoms with Crippen molar-refractivity contribution in [3.63, 3.8) is 0 Å². The molecule has 0 amide bonds. The minimum Gasteiger partial charge on any atom is -0.381 e. The van der Waals surface area contributed by atoms with Gasteiger partial charge in [-0.2, -0.15) is 0 Å². The van der Waals surface area contributed by atoms with Crippen LogP contribution < -0.4 is 0 Å². The first-order valence-electron chi connectivity index (χ1n) is 4.73. The van der Waals surface area contributed by atoms with E-state index in [1.54, 1.807) is 7.05 Å². The molecule has 0 bridgehead atoms. The number of carbonyl (C=O) groups is 1. The third-order valence-corrected chi connectivity index (χ3v) is 2.50. The second-order valence-electron chi connectivity index (χ2n) is 3.60. The third-order valence-electron chi connectivity index (χ3n) is 2.50. The van der Waals surface area contributed by atoms with Crippen molar-refractivity contribution >= 4 is 5.78 Å². The van der Waals surface area contributed by atoms with E-state index >= 15 is 0 Å². The summed E-state index contributed by atoms with van der Waals surface area (Å²) in [4.78, 5) is 11.7. The Morgan fingerprint density at radius 2 is 2.64 bits per heavy atom. The van der Waals surface area contributed by atoms with Gasteiger partial charge in [-0.15, -0.1) is 5.10 Å². The van der Waals surface area contributed by atoms with Gasteiger partial charge in [-0.1, -0.05) is 5.21 Å². The lowest BCUT2D eigenvalue weighted by atomic mass is 10.0. The Morgan fingerprint density at radius 3 is 3.21 bits per heavy atom. The quantitative estimate of drug-likeness (QED) is 0.656. The average molecular weight is 195 g/mol. The van der Waals surface area contributed by atoms with E-state index in [-0.39, 0.29) is 5.78 Å². The summed E-state index contributed by atoms with van der Waals surface area (Å²) in [5, 5.41) is 7.41. The van der Waals surface area contributed by atoms with Gasteiger partial charge in [0.25, 0.3) is 0 Å². The highest BCUT2D eigenvalue weighted by atomic mass is 16.5. The molecule has 1 aromatic rings. The van der Waals surface area contributed by atoms with Crippen molar-refractivity contribution in [1.29, 1.82) is 0 Å². The summed E-state index contributed by atoms with van der Waals surface area (Å²) in [6, 6.07) is 0. The van der Waals surface area contributed by atoms with Gasteiger partial charge in [0.1, 0.15) is 5.69 Å². The van der Waals surface area contributed by atoms with Crippen LogP contribution in [0.25, 0.3) is 0 Å². The zero-order valence-corrected chi connectivity index (χ0v) is 8.14. The standard InChI is InChI=1S/C9H13N3O2/c1-12-8(5-10-11-12)9(13)4-7-2-3-14-6-7/h5,7H,2-4,6H2,1H3. The maximum absolute atomic E-state index is 11.7. The van der Waals surface area contributed by atoms with Gasteiger partial charge in [0.2, 0.25) is 0 Å². The van der Waals surface area contributed by atoms with E-state index in [0.29, 0.717) is 24.6 Å². The third kappa shape index (κ3) is 1.82. The van der Waals surface area contributed by atoms with Crippen LogP contribution in [0.4, 0.5) is 0 Å². The predicted octanol–water partition coefficient (Wildman–Crippen LogP) is 0.424. The predicted molar refractivity (Wildman–Crippen MR) is 48.9 cm³/mol. The topological polar surface area (TPSA) is 57.0 Å². The van der Waals surface area contributed by atoms with Crippen LogP contribution in [0.1, 0.15) is 23.3 Å². The highest BCUT2D eigenvalue weighted by Gasteiger charge is 2.21. The van der Waals surface area contributed by atoms with Crippen molar-refractivity contribution in [3.05, 3.63) is 11.9 Å². The molecule has 14 heavy (non-hydrogen) atoms. The second-order valence-corrected chi connectivity index (χ2v) is 3.60. The SMILES string of the molecule is Cn1nncc1C(=O)CC1CCOC1. The van der Waals surface area contributed by atoms with Gasteiger partial charge >= 0.3 is 0 Å². The summed E-state index contributed by atoms with van der Waals surface area (Å²) in [5.41, 5.74) is 0.580. The van der Waals surface area contributed by atoms with Crippen molar-refractivity contribution in [1.82, 2.24) is 15.0 Å². The summed E-state index contributed by atoms with van der Waals surface area (Å²) in [5.74, 6) is 0.477. The Hall–Kier alpha value is -1.23. The van der Waals surface area contributed by atoms with E-state index < -0.39 is 0 Å². The molecule has 1 aliphatic heterocycles. The molecule has 0 aromatic carbocycles. The molecule has 2 heterocycles. The van der Waals surface area contributed by atoms with Crippen molar-refractivity contribution in [2.24, 2.45) is 13.0 Å². The Kier molecular flexibility index (Phi) is 2.58. The fourth-order valence-corrected chi connectivity index (χ4v) is 1.65. The first kappa shape index (κ1) is 9.33. The van der Waals surface area contributed by atoms with Crippen LogP contribution in [-0.2, 0) is 11.8 Å². The van der Waals surface area contributed by atoms with Gasteiger partial charge < -0.3 is 4.74 Å². The van der Waals surface area contributed by atoms with Gasteiger partial charge in [0.05, 0.1) is 6.20 Å². The summed E-state index contributed by atoms with van der Waals surface area (Å²) >= 11 is 0. The lowest BCUT2D eigenvalue weighted by molar-refractivity contribution is 0.0943. The zero-order chi connectivity index (χ0) is 9.97. The number of Topliss-reactive ketones (excluding diaryl/α,β-unsaturated/α-hetero) is 1. The molecular weight excluding hydrogens is 182 g/mol. The number of nitrogens with zero attached hydrogens (tertiary/aromatic N) is 3. The lowest BCUT2D eigenvalue weighted by Crippen LogP contribution is -2.12. The summed E-state index contributed by atoms with van der Waals surface area (Å²) in [6.07, 6.45) is 3.04. The van der Waals surface area contributed by atoms with E-state index in [4.69, 9.17) is 4.74 Å². The molecule has 1 fully saturated rings. The highest BCUT2D eigenvalue weighted by molar-refractivity contribution is 5.94. The molecule has 0 saturated carbocycles. The number of rotatable bonds is 3. The molecule has 5 nitrogen and oxygen atoms in total. The van der Waals surface area contributed by atoms with Gasteiger partial charge in [0, 0.05) is 26.7 Å². The number of carbonyl (C=O) groups excluding carboxylic acids is 1. The number of aromatic nitrogens is 3. The Balaban J connectivity index is 1.98. The van der Waals surface area contributed by atoms with Crippen LogP contribution in [0.15, 0.2) is 6.20 Å². The van der Waals surface area contributed by atoms with E-state index in [2.05, 4.69) is 10.3 Å². The van der Waals surface area contributed by atoms with Gasteiger partial charge in [0.15, 0.2) is 5.78 Å². The van der Waals surface area contributed by atoms with Crippen molar-refractivity contribution < 1.29 is 9.53 Å². The van der Waals surface area contributed by atoms with Gasteiger partial charge in [-0.3, -0.25) is 4.79 Å². The molecule has 2 rings (SSSR count). The first-order chi connectivity index (χ1) is 6.77. The first-order valence-corrected chi connectivity index (χ1v) is 4.73. The molecule has 76 valence electrons. The van der Waals surface area contributed by atoms with E-state index in [1.165, 1.54) is 10.9 Å².